The first-order chi connectivity index (χ1) is 9.77. The Labute approximate surface area is 122 Å². The zero-order chi connectivity index (χ0) is 15.6. The molecule has 1 aliphatic rings. The topological polar surface area (TPSA) is 113 Å². The van der Waals surface area contributed by atoms with Crippen LogP contribution in [0.5, 0.6) is 0 Å². The van der Waals surface area contributed by atoms with Gasteiger partial charge in [-0.15, -0.1) is 0 Å². The van der Waals surface area contributed by atoms with E-state index in [1.54, 1.807) is 0 Å². The summed E-state index contributed by atoms with van der Waals surface area (Å²) >= 11 is 0. The first-order valence-electron chi connectivity index (χ1n) is 6.42. The van der Waals surface area contributed by atoms with Gasteiger partial charge in [0.25, 0.3) is 0 Å². The minimum atomic E-state index is -3.56. The van der Waals surface area contributed by atoms with E-state index in [0.717, 1.165) is 12.8 Å². The van der Waals surface area contributed by atoms with E-state index in [1.807, 2.05) is 0 Å². The van der Waals surface area contributed by atoms with Gasteiger partial charge in [0, 0.05) is 12.6 Å². The van der Waals surface area contributed by atoms with Crippen LogP contribution in [0.2, 0.25) is 0 Å². The fourth-order valence-electron chi connectivity index (χ4n) is 1.90. The molecule has 0 heterocycles. The molecule has 0 unspecified atom stereocenters. The minimum absolute atomic E-state index is 0.000490. The van der Waals surface area contributed by atoms with Crippen molar-refractivity contribution in [2.24, 2.45) is 5.92 Å². The Balaban J connectivity index is 2.25. The highest BCUT2D eigenvalue weighted by molar-refractivity contribution is 7.92. The summed E-state index contributed by atoms with van der Waals surface area (Å²) in [6.45, 7) is 1.30. The monoisotopic (exact) mass is 312 g/mol. The molecule has 0 saturated heterocycles. The van der Waals surface area contributed by atoms with Crippen molar-refractivity contribution in [3.8, 4) is 0 Å². The van der Waals surface area contributed by atoms with Gasteiger partial charge in [0.15, 0.2) is 0 Å². The number of carboxylic acid groups (broad SMARTS) is 1. The summed E-state index contributed by atoms with van der Waals surface area (Å²) in [4.78, 5) is 22.2. The van der Waals surface area contributed by atoms with Crippen LogP contribution >= 0.6 is 0 Å². The third kappa shape index (κ3) is 4.45. The van der Waals surface area contributed by atoms with E-state index in [4.69, 9.17) is 5.11 Å². The molecule has 3 N–H and O–H groups in total. The number of sulfonamides is 1. The van der Waals surface area contributed by atoms with Crippen LogP contribution in [0.1, 0.15) is 30.1 Å². The molecular weight excluding hydrogens is 296 g/mol. The molecule has 21 heavy (non-hydrogen) atoms. The van der Waals surface area contributed by atoms with E-state index >= 15 is 0 Å². The van der Waals surface area contributed by atoms with Crippen LogP contribution < -0.4 is 10.0 Å². The standard InChI is InChI=1S/C13H16N2O5S/c1-8(16)14-10-4-5-12(11(6-10)13(17)18)15-21(19,20)7-9-2-3-9/h4-6,9,15H,2-3,7H2,1H3,(H,14,16)(H,17,18). The number of amides is 1. The Morgan fingerprint density at radius 3 is 2.52 bits per heavy atom. The molecule has 0 spiro atoms. The van der Waals surface area contributed by atoms with Gasteiger partial charge in [0.05, 0.1) is 17.0 Å². The number of benzene rings is 1. The molecule has 114 valence electrons. The number of aromatic carboxylic acids is 1. The fourth-order valence-corrected chi connectivity index (χ4v) is 3.45. The first kappa shape index (κ1) is 15.3. The summed E-state index contributed by atoms with van der Waals surface area (Å²) < 4.78 is 26.1. The molecule has 8 heteroatoms. The largest absolute Gasteiger partial charge is 0.478 e. The number of carbonyl (C=O) groups excluding carboxylic acids is 1. The van der Waals surface area contributed by atoms with Crippen LogP contribution in [0, 0.1) is 5.92 Å². The Bertz CT molecular complexity index is 680. The molecule has 1 amide bonds. The third-order valence-corrected chi connectivity index (χ3v) is 4.43. The van der Waals surface area contributed by atoms with Crippen molar-refractivity contribution in [3.05, 3.63) is 23.8 Å². The number of hydrogen-bond acceptors (Lipinski definition) is 4. The summed E-state index contributed by atoms with van der Waals surface area (Å²) in [5.74, 6) is -1.45. The van der Waals surface area contributed by atoms with E-state index in [2.05, 4.69) is 10.0 Å². The smallest absolute Gasteiger partial charge is 0.337 e. The van der Waals surface area contributed by atoms with Gasteiger partial charge in [-0.3, -0.25) is 9.52 Å². The van der Waals surface area contributed by atoms with Crippen molar-refractivity contribution in [1.82, 2.24) is 0 Å². The molecule has 0 atom stereocenters. The molecule has 1 aromatic carbocycles. The molecule has 7 nitrogen and oxygen atoms in total. The van der Waals surface area contributed by atoms with Crippen LogP contribution in [0.4, 0.5) is 11.4 Å². The third-order valence-electron chi connectivity index (χ3n) is 2.99. The summed E-state index contributed by atoms with van der Waals surface area (Å²) in [7, 11) is -3.56. The van der Waals surface area contributed by atoms with Gasteiger partial charge in [-0.2, -0.15) is 0 Å². The molecule has 0 aliphatic heterocycles. The summed E-state index contributed by atoms with van der Waals surface area (Å²) in [6, 6.07) is 4.00. The molecule has 1 fully saturated rings. The van der Waals surface area contributed by atoms with Gasteiger partial charge in [0.2, 0.25) is 15.9 Å². The van der Waals surface area contributed by atoms with Crippen LogP contribution in [-0.4, -0.2) is 31.2 Å². The molecular formula is C13H16N2O5S. The van der Waals surface area contributed by atoms with Crippen LogP contribution in [0.25, 0.3) is 0 Å². The predicted molar refractivity (Wildman–Crippen MR) is 77.8 cm³/mol. The Morgan fingerprint density at radius 2 is 2.00 bits per heavy atom. The number of anilines is 2. The van der Waals surface area contributed by atoms with Crippen LogP contribution in [0.3, 0.4) is 0 Å². The van der Waals surface area contributed by atoms with E-state index < -0.39 is 16.0 Å². The van der Waals surface area contributed by atoms with Gasteiger partial charge in [-0.25, -0.2) is 13.2 Å². The fraction of sp³-hybridized carbons (Fsp3) is 0.385. The molecule has 1 aromatic rings. The van der Waals surface area contributed by atoms with Crippen molar-refractivity contribution in [1.29, 1.82) is 0 Å². The van der Waals surface area contributed by atoms with Crippen molar-refractivity contribution < 1.29 is 23.1 Å². The Morgan fingerprint density at radius 1 is 1.33 bits per heavy atom. The van der Waals surface area contributed by atoms with Crippen molar-refractivity contribution in [2.45, 2.75) is 19.8 Å². The SMILES string of the molecule is CC(=O)Nc1ccc(NS(=O)(=O)CC2CC2)c(C(=O)O)c1. The summed E-state index contributed by atoms with van der Waals surface area (Å²) in [5.41, 5.74) is 0.0860. The van der Waals surface area contributed by atoms with E-state index in [0.29, 0.717) is 5.69 Å². The minimum Gasteiger partial charge on any atom is -0.478 e. The number of nitrogens with one attached hydrogen (secondary N) is 2. The first-order valence-corrected chi connectivity index (χ1v) is 8.07. The van der Waals surface area contributed by atoms with Gasteiger partial charge in [-0.05, 0) is 37.0 Å². The number of carboxylic acids is 1. The quantitative estimate of drug-likeness (QED) is 0.736. The zero-order valence-corrected chi connectivity index (χ0v) is 12.2. The lowest BCUT2D eigenvalue weighted by Gasteiger charge is -2.12. The van der Waals surface area contributed by atoms with Gasteiger partial charge in [-0.1, -0.05) is 0 Å². The Kier molecular flexibility index (Phi) is 4.17. The second kappa shape index (κ2) is 5.72. The molecule has 2 rings (SSSR count). The van der Waals surface area contributed by atoms with E-state index in [9.17, 15) is 18.0 Å². The number of rotatable bonds is 6. The number of hydrogen-bond donors (Lipinski definition) is 3. The molecule has 1 saturated carbocycles. The van der Waals surface area contributed by atoms with E-state index in [-0.39, 0.29) is 28.8 Å². The molecule has 0 bridgehead atoms. The number of carbonyl (C=O) groups is 2. The second-order valence-electron chi connectivity index (χ2n) is 5.07. The highest BCUT2D eigenvalue weighted by Gasteiger charge is 2.28. The van der Waals surface area contributed by atoms with Crippen molar-refractivity contribution >= 4 is 33.3 Å². The lowest BCUT2D eigenvalue weighted by Crippen LogP contribution is -2.20. The highest BCUT2D eigenvalue weighted by Crippen LogP contribution is 2.31. The summed E-state index contributed by atoms with van der Waals surface area (Å²) in [5, 5.41) is 11.6. The van der Waals surface area contributed by atoms with E-state index in [1.165, 1.54) is 25.1 Å². The lowest BCUT2D eigenvalue weighted by molar-refractivity contribution is -0.114. The van der Waals surface area contributed by atoms with Gasteiger partial charge >= 0.3 is 5.97 Å². The maximum Gasteiger partial charge on any atom is 0.337 e. The van der Waals surface area contributed by atoms with Crippen LogP contribution in [0.15, 0.2) is 18.2 Å². The van der Waals surface area contributed by atoms with Crippen molar-refractivity contribution in [3.63, 3.8) is 0 Å². The maximum absolute atomic E-state index is 11.9. The van der Waals surface area contributed by atoms with Gasteiger partial charge < -0.3 is 10.4 Å². The maximum atomic E-state index is 11.9. The van der Waals surface area contributed by atoms with Crippen LogP contribution in [-0.2, 0) is 14.8 Å². The summed E-state index contributed by atoms with van der Waals surface area (Å²) in [6.07, 6.45) is 1.77. The lowest BCUT2D eigenvalue weighted by atomic mass is 10.1. The van der Waals surface area contributed by atoms with Crippen molar-refractivity contribution in [2.75, 3.05) is 15.8 Å². The van der Waals surface area contributed by atoms with Gasteiger partial charge in [0.1, 0.15) is 0 Å². The molecule has 1 aliphatic carbocycles. The Hall–Kier alpha value is -2.09. The average molecular weight is 312 g/mol. The molecule has 0 aromatic heterocycles. The second-order valence-corrected chi connectivity index (χ2v) is 6.84. The molecule has 0 radical (unpaired) electrons. The average Bonchev–Trinajstić information content (AvgIpc) is 3.12. The zero-order valence-electron chi connectivity index (χ0n) is 11.4. The highest BCUT2D eigenvalue weighted by atomic mass is 32.2. The predicted octanol–water partition coefficient (Wildman–Crippen LogP) is 1.49. The normalized spacial score (nSPS) is 14.5.